The summed E-state index contributed by atoms with van der Waals surface area (Å²) in [7, 11) is 0. The van der Waals surface area contributed by atoms with Crippen LogP contribution in [0, 0.1) is 0 Å². The highest BCUT2D eigenvalue weighted by molar-refractivity contribution is 7.99. The summed E-state index contributed by atoms with van der Waals surface area (Å²) in [4.78, 5) is 0. The Kier molecular flexibility index (Phi) is 16.2. The maximum Gasteiger partial charge on any atom is -0.00302 e. The lowest BCUT2D eigenvalue weighted by atomic mass is 10.0. The van der Waals surface area contributed by atoms with Crippen LogP contribution in [0.4, 0.5) is 0 Å². The minimum atomic E-state index is 1.30. The van der Waals surface area contributed by atoms with Gasteiger partial charge in [-0.15, -0.1) is 0 Å². The fraction of sp³-hybridized carbons (Fsp3) is 0.889. The predicted molar refractivity (Wildman–Crippen MR) is 93.2 cm³/mol. The van der Waals surface area contributed by atoms with Crippen molar-refractivity contribution in [1.82, 2.24) is 0 Å². The van der Waals surface area contributed by atoms with Gasteiger partial charge in [-0.05, 0) is 43.6 Å². The standard InChI is InChI=1S/C18H36S/c1-4-7-10-12-16-19-17-15-18(13-9-6-3)14-11-8-5-2/h14H,4-13,15-17H2,1-3H3/b18-14+. The van der Waals surface area contributed by atoms with Crippen molar-refractivity contribution in [2.45, 2.75) is 91.4 Å². The number of rotatable bonds is 14. The van der Waals surface area contributed by atoms with Crippen molar-refractivity contribution in [1.29, 1.82) is 0 Å². The molecule has 0 unspecified atom stereocenters. The molecular formula is C18H36S. The van der Waals surface area contributed by atoms with Crippen molar-refractivity contribution >= 4 is 11.8 Å². The summed E-state index contributed by atoms with van der Waals surface area (Å²) in [6.45, 7) is 6.87. The van der Waals surface area contributed by atoms with Gasteiger partial charge in [-0.1, -0.05) is 70.9 Å². The second-order valence-electron chi connectivity index (χ2n) is 5.53. The topological polar surface area (TPSA) is 0 Å². The van der Waals surface area contributed by atoms with E-state index in [0.29, 0.717) is 0 Å². The minimum Gasteiger partial charge on any atom is -0.162 e. The van der Waals surface area contributed by atoms with Crippen LogP contribution in [0.1, 0.15) is 91.4 Å². The van der Waals surface area contributed by atoms with Crippen LogP contribution in [0.2, 0.25) is 0 Å². The third-order valence-electron chi connectivity index (χ3n) is 3.55. The van der Waals surface area contributed by atoms with E-state index in [2.05, 4.69) is 38.6 Å². The van der Waals surface area contributed by atoms with Crippen LogP contribution >= 0.6 is 11.8 Å². The third kappa shape index (κ3) is 14.3. The van der Waals surface area contributed by atoms with Gasteiger partial charge in [0, 0.05) is 0 Å². The van der Waals surface area contributed by atoms with Gasteiger partial charge >= 0.3 is 0 Å². The summed E-state index contributed by atoms with van der Waals surface area (Å²) in [6, 6.07) is 0. The zero-order valence-corrected chi connectivity index (χ0v) is 14.5. The van der Waals surface area contributed by atoms with Gasteiger partial charge in [0.15, 0.2) is 0 Å². The van der Waals surface area contributed by atoms with E-state index in [-0.39, 0.29) is 0 Å². The average Bonchev–Trinajstić information content (AvgIpc) is 2.43. The summed E-state index contributed by atoms with van der Waals surface area (Å²) < 4.78 is 0. The predicted octanol–water partition coefficient (Wildman–Crippen LogP) is 7.00. The van der Waals surface area contributed by atoms with Crippen LogP contribution in [0.25, 0.3) is 0 Å². The van der Waals surface area contributed by atoms with Crippen molar-refractivity contribution in [3.8, 4) is 0 Å². The summed E-state index contributed by atoms with van der Waals surface area (Å²) in [6.07, 6.45) is 17.5. The molecule has 0 saturated carbocycles. The molecule has 0 amide bonds. The molecule has 0 aromatic rings. The molecule has 0 atom stereocenters. The van der Waals surface area contributed by atoms with E-state index in [4.69, 9.17) is 0 Å². The van der Waals surface area contributed by atoms with Crippen LogP contribution in [-0.4, -0.2) is 11.5 Å². The molecule has 0 aliphatic carbocycles. The van der Waals surface area contributed by atoms with E-state index >= 15 is 0 Å². The molecule has 0 saturated heterocycles. The van der Waals surface area contributed by atoms with E-state index in [0.717, 1.165) is 0 Å². The van der Waals surface area contributed by atoms with Gasteiger partial charge in [0.1, 0.15) is 0 Å². The Hall–Kier alpha value is 0.0900. The molecule has 114 valence electrons. The molecule has 0 heterocycles. The number of unbranched alkanes of at least 4 members (excludes halogenated alkanes) is 6. The molecule has 0 aliphatic rings. The summed E-state index contributed by atoms with van der Waals surface area (Å²) >= 11 is 2.16. The first-order valence-corrected chi connectivity index (χ1v) is 9.76. The van der Waals surface area contributed by atoms with Crippen molar-refractivity contribution < 1.29 is 0 Å². The van der Waals surface area contributed by atoms with Crippen molar-refractivity contribution in [2.75, 3.05) is 11.5 Å². The molecule has 1 heteroatoms. The van der Waals surface area contributed by atoms with Gasteiger partial charge in [-0.3, -0.25) is 0 Å². The Labute approximate surface area is 126 Å². The largest absolute Gasteiger partial charge is 0.162 e. The van der Waals surface area contributed by atoms with E-state index in [9.17, 15) is 0 Å². The molecule has 0 fully saturated rings. The summed E-state index contributed by atoms with van der Waals surface area (Å²) in [5.41, 5.74) is 1.73. The first-order valence-electron chi connectivity index (χ1n) is 8.60. The lowest BCUT2D eigenvalue weighted by Crippen LogP contribution is -1.90. The minimum absolute atomic E-state index is 1.30. The lowest BCUT2D eigenvalue weighted by molar-refractivity contribution is 0.706. The molecule has 0 aromatic heterocycles. The van der Waals surface area contributed by atoms with Crippen LogP contribution in [0.15, 0.2) is 11.6 Å². The number of allylic oxidation sites excluding steroid dienone is 2. The van der Waals surface area contributed by atoms with Crippen LogP contribution in [0.3, 0.4) is 0 Å². The van der Waals surface area contributed by atoms with Gasteiger partial charge in [0.2, 0.25) is 0 Å². The highest BCUT2D eigenvalue weighted by Gasteiger charge is 1.98. The SMILES string of the molecule is CCCC/C=C(\CCCC)CCSCCCCCC. The number of hydrogen-bond donors (Lipinski definition) is 0. The fourth-order valence-corrected chi connectivity index (χ4v) is 3.20. The maximum atomic E-state index is 2.54. The Morgan fingerprint density at radius 2 is 1.47 bits per heavy atom. The average molecular weight is 285 g/mol. The molecule has 0 N–H and O–H groups in total. The molecule has 19 heavy (non-hydrogen) atoms. The Morgan fingerprint density at radius 1 is 0.737 bits per heavy atom. The molecular weight excluding hydrogens is 248 g/mol. The summed E-state index contributed by atoms with van der Waals surface area (Å²) in [5, 5.41) is 0. The highest BCUT2D eigenvalue weighted by Crippen LogP contribution is 2.18. The molecule has 0 radical (unpaired) electrons. The van der Waals surface area contributed by atoms with E-state index in [1.165, 1.54) is 82.1 Å². The first kappa shape index (κ1) is 19.1. The van der Waals surface area contributed by atoms with Crippen LogP contribution in [0.5, 0.6) is 0 Å². The normalized spacial score (nSPS) is 12.1. The quantitative estimate of drug-likeness (QED) is 0.244. The molecule has 0 spiro atoms. The number of hydrogen-bond acceptors (Lipinski definition) is 1. The zero-order valence-electron chi connectivity index (χ0n) is 13.7. The Balaban J connectivity index is 3.63. The van der Waals surface area contributed by atoms with Gasteiger partial charge in [-0.25, -0.2) is 0 Å². The van der Waals surface area contributed by atoms with Crippen molar-refractivity contribution in [3.63, 3.8) is 0 Å². The second kappa shape index (κ2) is 16.1. The Morgan fingerprint density at radius 3 is 2.16 bits per heavy atom. The molecule has 0 nitrogen and oxygen atoms in total. The fourth-order valence-electron chi connectivity index (χ4n) is 2.18. The van der Waals surface area contributed by atoms with Gasteiger partial charge < -0.3 is 0 Å². The second-order valence-corrected chi connectivity index (χ2v) is 6.76. The number of thioether (sulfide) groups is 1. The molecule has 0 rings (SSSR count). The van der Waals surface area contributed by atoms with Gasteiger partial charge in [0.05, 0.1) is 0 Å². The van der Waals surface area contributed by atoms with Crippen molar-refractivity contribution in [2.24, 2.45) is 0 Å². The van der Waals surface area contributed by atoms with Crippen molar-refractivity contribution in [3.05, 3.63) is 11.6 Å². The van der Waals surface area contributed by atoms with E-state index in [1.54, 1.807) is 5.57 Å². The van der Waals surface area contributed by atoms with E-state index in [1.807, 2.05) is 0 Å². The highest BCUT2D eigenvalue weighted by atomic mass is 32.2. The molecule has 0 aromatic carbocycles. The maximum absolute atomic E-state index is 2.54. The summed E-state index contributed by atoms with van der Waals surface area (Å²) in [5.74, 6) is 2.71. The lowest BCUT2D eigenvalue weighted by Gasteiger charge is -2.07. The van der Waals surface area contributed by atoms with Gasteiger partial charge in [-0.2, -0.15) is 11.8 Å². The smallest absolute Gasteiger partial charge is 0.00302 e. The van der Waals surface area contributed by atoms with E-state index < -0.39 is 0 Å². The molecule has 0 aliphatic heterocycles. The third-order valence-corrected chi connectivity index (χ3v) is 4.62. The zero-order chi connectivity index (χ0) is 14.2. The first-order chi connectivity index (χ1) is 9.35. The van der Waals surface area contributed by atoms with Crippen LogP contribution < -0.4 is 0 Å². The van der Waals surface area contributed by atoms with Crippen LogP contribution in [-0.2, 0) is 0 Å². The molecule has 0 bridgehead atoms. The Bertz CT molecular complexity index is 196. The van der Waals surface area contributed by atoms with Gasteiger partial charge in [0.25, 0.3) is 0 Å². The monoisotopic (exact) mass is 284 g/mol.